The number of halogens is 2. The number of benzene rings is 1. The highest BCUT2D eigenvalue weighted by Crippen LogP contribution is 2.18. The van der Waals surface area contributed by atoms with Crippen molar-refractivity contribution in [2.24, 2.45) is 16.6 Å². The van der Waals surface area contributed by atoms with E-state index in [0.29, 0.717) is 11.9 Å². The van der Waals surface area contributed by atoms with Crippen LogP contribution in [-0.4, -0.2) is 68.6 Å². The maximum absolute atomic E-state index is 13.0. The molecule has 0 unspecified atom stereocenters. The number of hydrogen-bond donors (Lipinski definition) is 1. The van der Waals surface area contributed by atoms with Gasteiger partial charge >= 0.3 is 0 Å². The molecular formula is C18H29FIN5. The Bertz CT molecular complexity index is 549. The lowest BCUT2D eigenvalue weighted by molar-refractivity contribution is 0.223. The highest BCUT2D eigenvalue weighted by atomic mass is 127. The Kier molecular flexibility index (Phi) is 7.74. The van der Waals surface area contributed by atoms with Crippen molar-refractivity contribution in [2.45, 2.75) is 12.8 Å². The smallest absolute Gasteiger partial charge is 0.191 e. The molecule has 3 rings (SSSR count). The van der Waals surface area contributed by atoms with Gasteiger partial charge in [0.1, 0.15) is 5.82 Å². The topological polar surface area (TPSA) is 48.1 Å². The molecule has 5 nitrogen and oxygen atoms in total. The van der Waals surface area contributed by atoms with Crippen LogP contribution in [0.3, 0.4) is 0 Å². The summed E-state index contributed by atoms with van der Waals surface area (Å²) in [6, 6.07) is 6.70. The van der Waals surface area contributed by atoms with Gasteiger partial charge in [0.15, 0.2) is 5.96 Å². The first-order valence-electron chi connectivity index (χ1n) is 8.86. The lowest BCUT2D eigenvalue weighted by Gasteiger charge is -2.36. The number of aliphatic imine (C=N–C) groups is 1. The Morgan fingerprint density at radius 1 is 1.08 bits per heavy atom. The molecule has 25 heavy (non-hydrogen) atoms. The number of guanidine groups is 1. The molecule has 0 aromatic heterocycles. The number of nitrogens with two attached hydrogens (primary N) is 1. The summed E-state index contributed by atoms with van der Waals surface area (Å²) in [4.78, 5) is 11.4. The van der Waals surface area contributed by atoms with Gasteiger partial charge in [-0.1, -0.05) is 0 Å². The number of piperidine rings is 1. The zero-order chi connectivity index (χ0) is 16.9. The van der Waals surface area contributed by atoms with E-state index in [4.69, 9.17) is 5.73 Å². The first kappa shape index (κ1) is 20.2. The predicted molar refractivity (Wildman–Crippen MR) is 112 cm³/mol. The number of hydrogen-bond acceptors (Lipinski definition) is 3. The van der Waals surface area contributed by atoms with Gasteiger partial charge in [0.05, 0.1) is 0 Å². The summed E-state index contributed by atoms with van der Waals surface area (Å²) < 4.78 is 13.0. The first-order valence-corrected chi connectivity index (χ1v) is 8.86. The Morgan fingerprint density at radius 2 is 1.68 bits per heavy atom. The molecule has 0 aliphatic carbocycles. The van der Waals surface area contributed by atoms with Crippen molar-refractivity contribution in [3.8, 4) is 0 Å². The van der Waals surface area contributed by atoms with Crippen LogP contribution in [-0.2, 0) is 0 Å². The summed E-state index contributed by atoms with van der Waals surface area (Å²) in [5, 5.41) is 0. The molecule has 7 heteroatoms. The third-order valence-corrected chi connectivity index (χ3v) is 5.15. The Labute approximate surface area is 167 Å². The summed E-state index contributed by atoms with van der Waals surface area (Å²) in [5.74, 6) is 1.15. The zero-order valence-electron chi connectivity index (χ0n) is 14.9. The van der Waals surface area contributed by atoms with Crippen LogP contribution in [0.5, 0.6) is 0 Å². The third kappa shape index (κ3) is 5.70. The van der Waals surface area contributed by atoms with Gasteiger partial charge in [-0.25, -0.2) is 4.39 Å². The van der Waals surface area contributed by atoms with E-state index in [1.165, 1.54) is 25.0 Å². The van der Waals surface area contributed by atoms with Crippen LogP contribution in [0.4, 0.5) is 10.1 Å². The van der Waals surface area contributed by atoms with Gasteiger partial charge in [0, 0.05) is 38.4 Å². The van der Waals surface area contributed by atoms with Crippen molar-refractivity contribution in [1.82, 2.24) is 9.80 Å². The minimum atomic E-state index is -0.192. The fourth-order valence-electron chi connectivity index (χ4n) is 3.41. The highest BCUT2D eigenvalue weighted by Gasteiger charge is 2.20. The van der Waals surface area contributed by atoms with Gasteiger partial charge in [0.2, 0.25) is 0 Å². The van der Waals surface area contributed by atoms with Gasteiger partial charge in [-0.3, -0.25) is 4.99 Å². The summed E-state index contributed by atoms with van der Waals surface area (Å²) in [6.45, 7) is 6.66. The molecular weight excluding hydrogens is 432 g/mol. The molecule has 0 radical (unpaired) electrons. The molecule has 1 aromatic rings. The number of anilines is 1. The summed E-state index contributed by atoms with van der Waals surface area (Å²) in [5.41, 5.74) is 7.26. The molecule has 2 aliphatic rings. The van der Waals surface area contributed by atoms with Gasteiger partial charge in [-0.15, -0.1) is 24.0 Å². The molecule has 2 heterocycles. The minimum Gasteiger partial charge on any atom is -0.370 e. The van der Waals surface area contributed by atoms with E-state index in [9.17, 15) is 4.39 Å². The number of nitrogens with zero attached hydrogens (tertiary/aromatic N) is 4. The van der Waals surface area contributed by atoms with Gasteiger partial charge in [-0.05, 0) is 63.2 Å². The minimum absolute atomic E-state index is 0. The second-order valence-corrected chi connectivity index (χ2v) is 6.90. The molecule has 140 valence electrons. The van der Waals surface area contributed by atoms with E-state index in [1.54, 1.807) is 0 Å². The molecule has 2 aliphatic heterocycles. The van der Waals surface area contributed by atoms with E-state index < -0.39 is 0 Å². The maximum Gasteiger partial charge on any atom is 0.191 e. The zero-order valence-corrected chi connectivity index (χ0v) is 17.2. The molecule has 0 amide bonds. The van der Waals surface area contributed by atoms with E-state index in [0.717, 1.165) is 51.5 Å². The van der Waals surface area contributed by atoms with Crippen LogP contribution < -0.4 is 10.6 Å². The lowest BCUT2D eigenvalue weighted by Crippen LogP contribution is -2.51. The van der Waals surface area contributed by atoms with Crippen LogP contribution in [0, 0.1) is 11.7 Å². The van der Waals surface area contributed by atoms with Crippen LogP contribution in [0.15, 0.2) is 29.3 Å². The number of piperazine rings is 1. The SMILES string of the molecule is CN1CCC(CN=C(N)N2CCN(c3ccc(F)cc3)CC2)CC1.I. The van der Waals surface area contributed by atoms with E-state index in [2.05, 4.69) is 26.7 Å². The average Bonchev–Trinajstić information content (AvgIpc) is 2.62. The highest BCUT2D eigenvalue weighted by molar-refractivity contribution is 14.0. The standard InChI is InChI=1S/C18H28FN5.HI/c1-22-8-6-15(7-9-22)14-21-18(20)24-12-10-23(11-13-24)17-4-2-16(19)3-5-17;/h2-5,15H,6-14H2,1H3,(H2,20,21);1H. The molecule has 1 aromatic carbocycles. The largest absolute Gasteiger partial charge is 0.370 e. The van der Waals surface area contributed by atoms with Crippen LogP contribution in [0.25, 0.3) is 0 Å². The maximum atomic E-state index is 13.0. The fourth-order valence-corrected chi connectivity index (χ4v) is 3.41. The average molecular weight is 461 g/mol. The van der Waals surface area contributed by atoms with E-state index >= 15 is 0 Å². The molecule has 2 fully saturated rings. The number of rotatable bonds is 3. The Balaban J connectivity index is 0.00000225. The molecule has 2 N–H and O–H groups in total. The van der Waals surface area contributed by atoms with Crippen LogP contribution >= 0.6 is 24.0 Å². The molecule has 0 saturated carbocycles. The van der Waals surface area contributed by atoms with Gasteiger partial charge in [-0.2, -0.15) is 0 Å². The van der Waals surface area contributed by atoms with E-state index in [-0.39, 0.29) is 29.8 Å². The fraction of sp³-hybridized carbons (Fsp3) is 0.611. The van der Waals surface area contributed by atoms with Crippen molar-refractivity contribution < 1.29 is 4.39 Å². The summed E-state index contributed by atoms with van der Waals surface area (Å²) >= 11 is 0. The van der Waals surface area contributed by atoms with E-state index in [1.807, 2.05) is 12.1 Å². The van der Waals surface area contributed by atoms with Crippen molar-refractivity contribution in [1.29, 1.82) is 0 Å². The first-order chi connectivity index (χ1) is 11.6. The van der Waals surface area contributed by atoms with Gasteiger partial charge < -0.3 is 20.4 Å². The molecule has 0 spiro atoms. The summed E-state index contributed by atoms with van der Waals surface area (Å²) in [7, 11) is 2.18. The summed E-state index contributed by atoms with van der Waals surface area (Å²) in [6.07, 6.45) is 2.43. The monoisotopic (exact) mass is 461 g/mol. The van der Waals surface area contributed by atoms with Crippen LogP contribution in [0.2, 0.25) is 0 Å². The van der Waals surface area contributed by atoms with Crippen molar-refractivity contribution >= 4 is 35.6 Å². The number of likely N-dealkylation sites (tertiary alicyclic amines) is 1. The predicted octanol–water partition coefficient (Wildman–Crippen LogP) is 2.22. The van der Waals surface area contributed by atoms with Crippen molar-refractivity contribution in [3.63, 3.8) is 0 Å². The quantitative estimate of drug-likeness (QED) is 0.426. The van der Waals surface area contributed by atoms with Crippen LogP contribution in [0.1, 0.15) is 12.8 Å². The second kappa shape index (κ2) is 9.56. The van der Waals surface area contributed by atoms with Crippen molar-refractivity contribution in [3.05, 3.63) is 30.1 Å². The second-order valence-electron chi connectivity index (χ2n) is 6.90. The Hall–Kier alpha value is -1.09. The van der Waals surface area contributed by atoms with Gasteiger partial charge in [0.25, 0.3) is 0 Å². The lowest BCUT2D eigenvalue weighted by atomic mass is 9.97. The molecule has 0 atom stereocenters. The normalized spacial score (nSPS) is 20.5. The molecule has 2 saturated heterocycles. The third-order valence-electron chi connectivity index (χ3n) is 5.15. The van der Waals surface area contributed by atoms with Crippen molar-refractivity contribution in [2.75, 3.05) is 57.8 Å². The Morgan fingerprint density at radius 3 is 2.28 bits per heavy atom. The molecule has 0 bridgehead atoms.